The van der Waals surface area contributed by atoms with Crippen molar-refractivity contribution in [3.05, 3.63) is 23.8 Å². The standard InChI is InChI=1S/C22H34N4O3/c1-2-23-21(24-15-18-6-7-19-20(14-18)29-17-28-19)25-16-22(8-4-3-5-9-22)26-10-12-27-13-11-26/h6-7,14H,2-5,8-13,15-17H2,1H3,(H2,23,24,25). The van der Waals surface area contributed by atoms with Crippen molar-refractivity contribution < 1.29 is 14.2 Å². The van der Waals surface area contributed by atoms with Crippen molar-refractivity contribution in [2.24, 2.45) is 4.99 Å². The first-order valence-electron chi connectivity index (χ1n) is 11.0. The van der Waals surface area contributed by atoms with Gasteiger partial charge in [-0.1, -0.05) is 25.3 Å². The molecule has 1 aromatic carbocycles. The van der Waals surface area contributed by atoms with Gasteiger partial charge in [0, 0.05) is 31.7 Å². The Kier molecular flexibility index (Phi) is 6.77. The summed E-state index contributed by atoms with van der Waals surface area (Å²) in [4.78, 5) is 7.48. The number of aliphatic imine (C=N–C) groups is 1. The van der Waals surface area contributed by atoms with E-state index in [0.717, 1.165) is 62.4 Å². The zero-order valence-electron chi connectivity index (χ0n) is 17.5. The van der Waals surface area contributed by atoms with E-state index in [4.69, 9.17) is 19.2 Å². The molecule has 7 heteroatoms. The lowest BCUT2D eigenvalue weighted by Crippen LogP contribution is -2.60. The smallest absolute Gasteiger partial charge is 0.231 e. The third kappa shape index (κ3) is 4.95. The molecule has 2 fully saturated rings. The van der Waals surface area contributed by atoms with Gasteiger partial charge in [-0.25, -0.2) is 4.99 Å². The van der Waals surface area contributed by atoms with Crippen molar-refractivity contribution in [3.63, 3.8) is 0 Å². The van der Waals surface area contributed by atoms with Crippen LogP contribution in [0, 0.1) is 0 Å². The van der Waals surface area contributed by atoms with Gasteiger partial charge in [-0.15, -0.1) is 0 Å². The SMILES string of the molecule is CCNC(=NCc1ccc2c(c1)OCO2)NCC1(N2CCOCC2)CCCCC1. The zero-order valence-corrected chi connectivity index (χ0v) is 17.5. The quantitative estimate of drug-likeness (QED) is 0.563. The van der Waals surface area contributed by atoms with Gasteiger partial charge in [0.05, 0.1) is 19.8 Å². The molecule has 3 aliphatic rings. The lowest BCUT2D eigenvalue weighted by atomic mass is 9.80. The second-order valence-corrected chi connectivity index (χ2v) is 8.12. The van der Waals surface area contributed by atoms with Crippen LogP contribution in [0.25, 0.3) is 0 Å². The maximum atomic E-state index is 5.60. The number of nitrogens with one attached hydrogen (secondary N) is 2. The van der Waals surface area contributed by atoms with Crippen LogP contribution in [0.2, 0.25) is 0 Å². The minimum atomic E-state index is 0.219. The number of rotatable bonds is 6. The lowest BCUT2D eigenvalue weighted by Gasteiger charge is -2.48. The molecule has 0 atom stereocenters. The van der Waals surface area contributed by atoms with Gasteiger partial charge in [0.2, 0.25) is 6.79 Å². The minimum absolute atomic E-state index is 0.219. The molecule has 1 saturated heterocycles. The molecule has 0 radical (unpaired) electrons. The average Bonchev–Trinajstić information content (AvgIpc) is 3.25. The molecule has 1 saturated carbocycles. The summed E-state index contributed by atoms with van der Waals surface area (Å²) in [6, 6.07) is 6.03. The summed E-state index contributed by atoms with van der Waals surface area (Å²) in [6.07, 6.45) is 6.47. The van der Waals surface area contributed by atoms with Gasteiger partial charge < -0.3 is 24.8 Å². The molecule has 1 aromatic rings. The number of guanidine groups is 1. The van der Waals surface area contributed by atoms with Crippen LogP contribution in [0.5, 0.6) is 11.5 Å². The monoisotopic (exact) mass is 402 g/mol. The van der Waals surface area contributed by atoms with E-state index in [-0.39, 0.29) is 5.54 Å². The van der Waals surface area contributed by atoms with Crippen LogP contribution in [0.1, 0.15) is 44.6 Å². The molecule has 2 aliphatic heterocycles. The van der Waals surface area contributed by atoms with E-state index in [0.29, 0.717) is 13.3 Å². The van der Waals surface area contributed by atoms with Crippen molar-refractivity contribution in [1.29, 1.82) is 0 Å². The Bertz CT molecular complexity index is 697. The zero-order chi connectivity index (χ0) is 19.9. The van der Waals surface area contributed by atoms with Gasteiger partial charge in [0.25, 0.3) is 0 Å². The third-order valence-corrected chi connectivity index (χ3v) is 6.25. The summed E-state index contributed by atoms with van der Waals surface area (Å²) in [5.74, 6) is 2.50. The van der Waals surface area contributed by atoms with Gasteiger partial charge in [-0.05, 0) is 37.5 Å². The number of hydrogen-bond acceptors (Lipinski definition) is 5. The predicted molar refractivity (Wildman–Crippen MR) is 114 cm³/mol. The Labute approximate surface area is 173 Å². The van der Waals surface area contributed by atoms with Crippen molar-refractivity contribution in [2.45, 2.75) is 51.1 Å². The summed E-state index contributed by atoms with van der Waals surface area (Å²) < 4.78 is 16.5. The van der Waals surface area contributed by atoms with Crippen LogP contribution in [0.3, 0.4) is 0 Å². The Balaban J connectivity index is 1.41. The van der Waals surface area contributed by atoms with Gasteiger partial charge in [0.15, 0.2) is 17.5 Å². The van der Waals surface area contributed by atoms with E-state index in [1.807, 2.05) is 12.1 Å². The van der Waals surface area contributed by atoms with Crippen LogP contribution >= 0.6 is 0 Å². The highest BCUT2D eigenvalue weighted by molar-refractivity contribution is 5.79. The summed E-state index contributed by atoms with van der Waals surface area (Å²) in [6.45, 7) is 8.55. The first kappa shape index (κ1) is 20.3. The number of benzene rings is 1. The van der Waals surface area contributed by atoms with Crippen molar-refractivity contribution in [1.82, 2.24) is 15.5 Å². The molecule has 2 heterocycles. The van der Waals surface area contributed by atoms with E-state index >= 15 is 0 Å². The topological polar surface area (TPSA) is 67.4 Å². The van der Waals surface area contributed by atoms with Crippen LogP contribution < -0.4 is 20.1 Å². The fourth-order valence-electron chi connectivity index (χ4n) is 4.65. The lowest BCUT2D eigenvalue weighted by molar-refractivity contribution is -0.0352. The molecule has 0 bridgehead atoms. The van der Waals surface area contributed by atoms with Gasteiger partial charge in [-0.2, -0.15) is 0 Å². The molecule has 160 valence electrons. The van der Waals surface area contributed by atoms with Gasteiger partial charge >= 0.3 is 0 Å². The second kappa shape index (κ2) is 9.67. The first-order chi connectivity index (χ1) is 14.3. The molecule has 2 N–H and O–H groups in total. The van der Waals surface area contributed by atoms with Gasteiger partial charge in [-0.3, -0.25) is 4.90 Å². The Morgan fingerprint density at radius 2 is 1.86 bits per heavy atom. The molecule has 1 aliphatic carbocycles. The highest BCUT2D eigenvalue weighted by Gasteiger charge is 2.38. The second-order valence-electron chi connectivity index (χ2n) is 8.12. The van der Waals surface area contributed by atoms with E-state index in [9.17, 15) is 0 Å². The van der Waals surface area contributed by atoms with Crippen molar-refractivity contribution in [3.8, 4) is 11.5 Å². The van der Waals surface area contributed by atoms with Crippen LogP contribution in [-0.4, -0.2) is 62.6 Å². The van der Waals surface area contributed by atoms with E-state index < -0.39 is 0 Å². The van der Waals surface area contributed by atoms with Gasteiger partial charge in [0.1, 0.15) is 0 Å². The molecule has 0 amide bonds. The summed E-state index contributed by atoms with van der Waals surface area (Å²) >= 11 is 0. The molecule has 29 heavy (non-hydrogen) atoms. The molecule has 4 rings (SSSR count). The molecule has 7 nitrogen and oxygen atoms in total. The number of nitrogens with zero attached hydrogens (tertiary/aromatic N) is 2. The third-order valence-electron chi connectivity index (χ3n) is 6.25. The molecule has 0 unspecified atom stereocenters. The molecule has 0 spiro atoms. The first-order valence-corrected chi connectivity index (χ1v) is 11.0. The highest BCUT2D eigenvalue weighted by Crippen LogP contribution is 2.34. The van der Waals surface area contributed by atoms with Crippen LogP contribution in [-0.2, 0) is 11.3 Å². The van der Waals surface area contributed by atoms with Crippen LogP contribution in [0.15, 0.2) is 23.2 Å². The number of morpholine rings is 1. The van der Waals surface area contributed by atoms with Crippen LogP contribution in [0.4, 0.5) is 0 Å². The highest BCUT2D eigenvalue weighted by atomic mass is 16.7. The Morgan fingerprint density at radius 1 is 1.07 bits per heavy atom. The number of ether oxygens (including phenoxy) is 3. The predicted octanol–water partition coefficient (Wildman–Crippen LogP) is 2.51. The summed E-state index contributed by atoms with van der Waals surface area (Å²) in [5.41, 5.74) is 1.34. The fourth-order valence-corrected chi connectivity index (χ4v) is 4.65. The molecular formula is C22H34N4O3. The molecular weight excluding hydrogens is 368 g/mol. The minimum Gasteiger partial charge on any atom is -0.454 e. The Hall–Kier alpha value is -1.99. The summed E-state index contributed by atoms with van der Waals surface area (Å²) in [7, 11) is 0. The normalized spacial score (nSPS) is 21.8. The van der Waals surface area contributed by atoms with Crippen molar-refractivity contribution >= 4 is 5.96 Å². The van der Waals surface area contributed by atoms with E-state index in [2.05, 4.69) is 28.5 Å². The summed E-state index contributed by atoms with van der Waals surface area (Å²) in [5, 5.41) is 7.06. The largest absolute Gasteiger partial charge is 0.454 e. The average molecular weight is 403 g/mol. The van der Waals surface area contributed by atoms with E-state index in [1.165, 1.54) is 32.1 Å². The van der Waals surface area contributed by atoms with Crippen molar-refractivity contribution in [2.75, 3.05) is 46.2 Å². The fraction of sp³-hybridized carbons (Fsp3) is 0.682. The van der Waals surface area contributed by atoms with E-state index in [1.54, 1.807) is 0 Å². The maximum Gasteiger partial charge on any atom is 0.231 e. The number of fused-ring (bicyclic) bond motifs is 1. The number of hydrogen-bond donors (Lipinski definition) is 2. The Morgan fingerprint density at radius 3 is 2.66 bits per heavy atom. The molecule has 0 aromatic heterocycles. The maximum absolute atomic E-state index is 5.60.